The normalized spacial score (nSPS) is 10.3. The number of rotatable bonds is 4. The lowest BCUT2D eigenvalue weighted by atomic mass is 10.2. The van der Waals surface area contributed by atoms with Crippen LogP contribution in [0.3, 0.4) is 0 Å². The zero-order valence-electron chi connectivity index (χ0n) is 11.0. The van der Waals surface area contributed by atoms with Gasteiger partial charge in [-0.25, -0.2) is 0 Å². The summed E-state index contributed by atoms with van der Waals surface area (Å²) in [6.45, 7) is 0. The summed E-state index contributed by atoms with van der Waals surface area (Å²) in [6.07, 6.45) is 1.51. The van der Waals surface area contributed by atoms with Crippen molar-refractivity contribution in [3.63, 3.8) is 0 Å². The Morgan fingerprint density at radius 2 is 2.05 bits per heavy atom. The zero-order chi connectivity index (χ0) is 14.7. The first kappa shape index (κ1) is 13.3. The summed E-state index contributed by atoms with van der Waals surface area (Å²) in [6, 6.07) is 9.06. The second-order valence-electron chi connectivity index (χ2n) is 4.07. The summed E-state index contributed by atoms with van der Waals surface area (Å²) < 4.78 is 5.11. The molecule has 2 heterocycles. The molecule has 0 aliphatic heterocycles. The Labute approximate surface area is 124 Å². The molecule has 7 nitrogen and oxygen atoms in total. The van der Waals surface area contributed by atoms with E-state index >= 15 is 0 Å². The number of carbonyl (C=O) groups excluding carboxylic acids is 1. The molecule has 0 aliphatic rings. The predicted octanol–water partition coefficient (Wildman–Crippen LogP) is 2.19. The van der Waals surface area contributed by atoms with E-state index < -0.39 is 0 Å². The second-order valence-corrected chi connectivity index (χ2v) is 5.04. The number of ether oxygens (including phenoxy) is 1. The van der Waals surface area contributed by atoms with Gasteiger partial charge in [0.05, 0.1) is 7.11 Å². The highest BCUT2D eigenvalue weighted by Crippen LogP contribution is 2.27. The summed E-state index contributed by atoms with van der Waals surface area (Å²) in [5.74, 6) is 0.473. The van der Waals surface area contributed by atoms with Gasteiger partial charge in [-0.15, -0.1) is 10.2 Å². The number of methoxy groups -OCH3 is 1. The van der Waals surface area contributed by atoms with Crippen LogP contribution in [0, 0.1) is 0 Å². The third kappa shape index (κ3) is 2.90. The molecule has 1 aromatic carbocycles. The van der Waals surface area contributed by atoms with Crippen molar-refractivity contribution in [3.05, 3.63) is 42.2 Å². The molecule has 21 heavy (non-hydrogen) atoms. The van der Waals surface area contributed by atoms with Gasteiger partial charge in [0.2, 0.25) is 5.13 Å². The van der Waals surface area contributed by atoms with Gasteiger partial charge in [0.15, 0.2) is 0 Å². The number of nitrogens with zero attached hydrogens (tertiary/aromatic N) is 3. The lowest BCUT2D eigenvalue weighted by Crippen LogP contribution is -2.12. The van der Waals surface area contributed by atoms with Crippen molar-refractivity contribution < 1.29 is 9.53 Å². The van der Waals surface area contributed by atoms with E-state index in [4.69, 9.17) is 4.74 Å². The number of carbonyl (C=O) groups is 1. The van der Waals surface area contributed by atoms with Crippen molar-refractivity contribution in [2.24, 2.45) is 0 Å². The first-order chi connectivity index (χ1) is 10.3. The average molecular weight is 301 g/mol. The lowest BCUT2D eigenvalue weighted by molar-refractivity contribution is 0.102. The molecule has 3 aromatic rings. The SMILES string of the molecule is COc1ccc(-c2nnc(NC(=O)c3ccn[nH]3)s2)cc1. The molecule has 0 aliphatic carbocycles. The maximum Gasteiger partial charge on any atom is 0.275 e. The average Bonchev–Trinajstić information content (AvgIpc) is 3.19. The van der Waals surface area contributed by atoms with Gasteiger partial charge in [0.1, 0.15) is 16.5 Å². The highest BCUT2D eigenvalue weighted by molar-refractivity contribution is 7.18. The van der Waals surface area contributed by atoms with Gasteiger partial charge < -0.3 is 4.74 Å². The number of anilines is 1. The van der Waals surface area contributed by atoms with E-state index in [1.165, 1.54) is 17.5 Å². The Morgan fingerprint density at radius 3 is 2.71 bits per heavy atom. The Bertz CT molecular complexity index is 736. The van der Waals surface area contributed by atoms with Crippen molar-refractivity contribution in [3.8, 4) is 16.3 Å². The largest absolute Gasteiger partial charge is 0.497 e. The molecule has 0 fully saturated rings. The molecule has 106 valence electrons. The Hall–Kier alpha value is -2.74. The minimum Gasteiger partial charge on any atom is -0.497 e. The number of aromatic nitrogens is 4. The maximum absolute atomic E-state index is 11.8. The number of benzene rings is 1. The van der Waals surface area contributed by atoms with E-state index in [0.29, 0.717) is 10.8 Å². The van der Waals surface area contributed by atoms with Gasteiger partial charge in [-0.2, -0.15) is 5.10 Å². The van der Waals surface area contributed by atoms with Gasteiger partial charge in [-0.1, -0.05) is 11.3 Å². The molecule has 3 rings (SSSR count). The van der Waals surface area contributed by atoms with E-state index in [1.54, 1.807) is 13.2 Å². The highest BCUT2D eigenvalue weighted by atomic mass is 32.1. The molecule has 0 radical (unpaired) electrons. The second kappa shape index (κ2) is 5.71. The van der Waals surface area contributed by atoms with Crippen molar-refractivity contribution in [2.75, 3.05) is 12.4 Å². The number of H-pyrrole nitrogens is 1. The Balaban J connectivity index is 1.75. The molecule has 2 aromatic heterocycles. The molecule has 8 heteroatoms. The number of nitrogens with one attached hydrogen (secondary N) is 2. The highest BCUT2D eigenvalue weighted by Gasteiger charge is 2.12. The van der Waals surface area contributed by atoms with Crippen LogP contribution in [0.15, 0.2) is 36.5 Å². The third-order valence-corrected chi connectivity index (χ3v) is 3.62. The number of aromatic amines is 1. The van der Waals surface area contributed by atoms with E-state index in [1.807, 2.05) is 24.3 Å². The molecule has 0 spiro atoms. The summed E-state index contributed by atoms with van der Waals surface area (Å²) in [4.78, 5) is 11.8. The van der Waals surface area contributed by atoms with Gasteiger partial charge in [-0.3, -0.25) is 15.2 Å². The van der Waals surface area contributed by atoms with Crippen LogP contribution >= 0.6 is 11.3 Å². The molecule has 0 bridgehead atoms. The third-order valence-electron chi connectivity index (χ3n) is 2.73. The van der Waals surface area contributed by atoms with Crippen LogP contribution in [0.2, 0.25) is 0 Å². The van der Waals surface area contributed by atoms with Crippen molar-refractivity contribution >= 4 is 22.4 Å². The summed E-state index contributed by atoms with van der Waals surface area (Å²) >= 11 is 1.30. The first-order valence-electron chi connectivity index (χ1n) is 6.05. The number of amides is 1. The summed E-state index contributed by atoms with van der Waals surface area (Å²) in [5, 5.41) is 18.1. The van der Waals surface area contributed by atoms with Gasteiger partial charge >= 0.3 is 0 Å². The minimum absolute atomic E-state index is 0.301. The molecular weight excluding hydrogens is 290 g/mol. The predicted molar refractivity (Wildman–Crippen MR) is 78.4 cm³/mol. The van der Waals surface area contributed by atoms with Crippen LogP contribution in [0.4, 0.5) is 5.13 Å². The van der Waals surface area contributed by atoms with Gasteiger partial charge in [-0.05, 0) is 30.3 Å². The fourth-order valence-electron chi connectivity index (χ4n) is 1.67. The van der Waals surface area contributed by atoms with Crippen molar-refractivity contribution in [1.29, 1.82) is 0 Å². The summed E-state index contributed by atoms with van der Waals surface area (Å²) in [5.41, 5.74) is 1.28. The smallest absolute Gasteiger partial charge is 0.275 e. The zero-order valence-corrected chi connectivity index (χ0v) is 11.8. The standard InChI is InChI=1S/C13H11N5O2S/c1-20-9-4-2-8(3-5-9)12-17-18-13(21-12)15-11(19)10-6-7-14-16-10/h2-7H,1H3,(H,14,16)(H,15,18,19). The quantitative estimate of drug-likeness (QED) is 0.770. The first-order valence-corrected chi connectivity index (χ1v) is 6.86. The van der Waals surface area contributed by atoms with Crippen LogP contribution in [0.25, 0.3) is 10.6 Å². The Morgan fingerprint density at radius 1 is 1.24 bits per heavy atom. The lowest BCUT2D eigenvalue weighted by Gasteiger charge is -1.99. The van der Waals surface area contributed by atoms with E-state index in [0.717, 1.165) is 16.3 Å². The number of hydrogen-bond acceptors (Lipinski definition) is 6. The van der Waals surface area contributed by atoms with Gasteiger partial charge in [0.25, 0.3) is 5.91 Å². The van der Waals surface area contributed by atoms with E-state index in [9.17, 15) is 4.79 Å². The molecule has 0 saturated heterocycles. The minimum atomic E-state index is -0.301. The van der Waals surface area contributed by atoms with Crippen molar-refractivity contribution in [2.45, 2.75) is 0 Å². The molecule has 2 N–H and O–H groups in total. The van der Waals surface area contributed by atoms with E-state index in [-0.39, 0.29) is 5.91 Å². The van der Waals surface area contributed by atoms with Crippen LogP contribution in [0.5, 0.6) is 5.75 Å². The maximum atomic E-state index is 11.8. The molecule has 0 saturated carbocycles. The monoisotopic (exact) mass is 301 g/mol. The molecular formula is C13H11N5O2S. The summed E-state index contributed by atoms with van der Waals surface area (Å²) in [7, 11) is 1.61. The van der Waals surface area contributed by atoms with Gasteiger partial charge in [0, 0.05) is 11.8 Å². The fraction of sp³-hybridized carbons (Fsp3) is 0.0769. The van der Waals surface area contributed by atoms with Crippen LogP contribution < -0.4 is 10.1 Å². The van der Waals surface area contributed by atoms with E-state index in [2.05, 4.69) is 25.7 Å². The molecule has 1 amide bonds. The van der Waals surface area contributed by atoms with Crippen LogP contribution in [-0.2, 0) is 0 Å². The van der Waals surface area contributed by atoms with Crippen LogP contribution in [0.1, 0.15) is 10.5 Å². The molecule has 0 atom stereocenters. The molecule has 0 unspecified atom stereocenters. The fourth-order valence-corrected chi connectivity index (χ4v) is 2.41. The van der Waals surface area contributed by atoms with Crippen LogP contribution in [-0.4, -0.2) is 33.4 Å². The van der Waals surface area contributed by atoms with Crippen molar-refractivity contribution in [1.82, 2.24) is 20.4 Å². The topological polar surface area (TPSA) is 92.8 Å². The number of hydrogen-bond donors (Lipinski definition) is 2. The Kier molecular flexibility index (Phi) is 3.61.